The van der Waals surface area contributed by atoms with E-state index in [4.69, 9.17) is 9.97 Å². The van der Waals surface area contributed by atoms with Crippen LogP contribution < -0.4 is 0 Å². The fraction of sp³-hybridized carbons (Fsp3) is 0.471. The second-order valence-electron chi connectivity index (χ2n) is 13.6. The molecule has 4 aliphatic rings. The van der Waals surface area contributed by atoms with Gasteiger partial charge in [-0.25, -0.2) is 12.1 Å². The molecule has 4 aliphatic carbocycles. The van der Waals surface area contributed by atoms with E-state index < -0.39 is 5.16 Å². The van der Waals surface area contributed by atoms with Crippen LogP contribution in [-0.4, -0.2) is 19.9 Å². The molecule has 4 nitrogen and oxygen atoms in total. The van der Waals surface area contributed by atoms with E-state index in [1.807, 2.05) is 42.7 Å². The van der Waals surface area contributed by atoms with Crippen LogP contribution in [0.1, 0.15) is 81.8 Å². The molecule has 4 bridgehead atoms. The molecule has 2 heterocycles. The Morgan fingerprint density at radius 1 is 0.780 bits per heavy atom. The zero-order chi connectivity index (χ0) is 28.0. The van der Waals surface area contributed by atoms with Crippen LogP contribution in [0.2, 0.25) is 0 Å². The van der Waals surface area contributed by atoms with Gasteiger partial charge in [-0.15, -0.1) is 29.6 Å². The summed E-state index contributed by atoms with van der Waals surface area (Å²) in [5.41, 5.74) is 4.79. The third-order valence-corrected chi connectivity index (χ3v) is 12.9. The monoisotopic (exact) mass is 624 g/mol. The minimum Gasteiger partial charge on any atom is -0.748 e. The Morgan fingerprint density at radius 2 is 1.24 bits per heavy atom. The first-order valence-corrected chi connectivity index (χ1v) is 15.9. The van der Waals surface area contributed by atoms with Crippen molar-refractivity contribution in [3.8, 4) is 0 Å². The number of hydrogen-bond donors (Lipinski definition) is 0. The Hall–Kier alpha value is -1.76. The van der Waals surface area contributed by atoms with Gasteiger partial charge >= 0.3 is 0 Å². The maximum Gasteiger partial charge on any atom is 0.0769 e. The van der Waals surface area contributed by atoms with Crippen molar-refractivity contribution in [1.29, 1.82) is 0 Å². The van der Waals surface area contributed by atoms with Gasteiger partial charge in [-0.05, 0) is 72.3 Å². The van der Waals surface area contributed by atoms with Crippen LogP contribution in [0.25, 0.3) is 0 Å². The summed E-state index contributed by atoms with van der Waals surface area (Å²) in [6, 6.07) is 16.9. The second-order valence-corrected chi connectivity index (χ2v) is 15.3. The largest absolute Gasteiger partial charge is 0.748 e. The zero-order valence-corrected chi connectivity index (χ0v) is 27.8. The first-order chi connectivity index (χ1) is 19.2. The van der Waals surface area contributed by atoms with Crippen LogP contribution in [0.5, 0.6) is 0 Å². The van der Waals surface area contributed by atoms with Crippen molar-refractivity contribution in [1.82, 2.24) is 19.9 Å². The second kappa shape index (κ2) is 11.7. The summed E-state index contributed by atoms with van der Waals surface area (Å²) in [5, 5.41) is -0.697. The Labute approximate surface area is 261 Å². The van der Waals surface area contributed by atoms with Crippen molar-refractivity contribution >= 4 is 18.5 Å². The smallest absolute Gasteiger partial charge is 0.0769 e. The van der Waals surface area contributed by atoms with Gasteiger partial charge in [-0.2, -0.15) is 6.07 Å². The summed E-state index contributed by atoms with van der Waals surface area (Å²) in [6.07, 6.45) is 19.2. The summed E-state index contributed by atoms with van der Waals surface area (Å²) >= 11 is 0. The van der Waals surface area contributed by atoms with Crippen molar-refractivity contribution in [2.45, 2.75) is 69.6 Å². The summed E-state index contributed by atoms with van der Waals surface area (Å²) in [6.45, 7) is 7.35. The molecule has 3 unspecified atom stereocenters. The van der Waals surface area contributed by atoms with Crippen LogP contribution in [0.15, 0.2) is 85.7 Å². The van der Waals surface area contributed by atoms with Gasteiger partial charge in [0.1, 0.15) is 0 Å². The average Bonchev–Trinajstić information content (AvgIpc) is 3.68. The molecule has 3 atom stereocenters. The van der Waals surface area contributed by atoms with Gasteiger partial charge in [0.25, 0.3) is 0 Å². The first kappa shape index (κ1) is 30.7. The molecular formula is C34H42FeN4P2-6. The number of nitrogens with zero attached hydrogens (tertiary/aromatic N) is 4. The fourth-order valence-corrected chi connectivity index (χ4v) is 10.1. The summed E-state index contributed by atoms with van der Waals surface area (Å²) in [4.78, 5) is 18.5. The van der Waals surface area contributed by atoms with Gasteiger partial charge in [-0.3, -0.25) is 19.9 Å². The van der Waals surface area contributed by atoms with E-state index in [1.54, 1.807) is 24.8 Å². The molecular weight excluding hydrogens is 582 g/mol. The average molecular weight is 625 g/mol. The Kier molecular flexibility index (Phi) is 8.78. The number of rotatable bonds is 5. The standard InChI is InChI=1S/C29H37N4P2.C5H5.Fe/c1-26(2,3)29(35,27-14-19-11-20(15-27)13-21(12-19)16-27)23-6-4-5-22(23)28(34,24-17-30-7-9-32-24)25-18-31-8-10-33-25;1-2-4-5-3-1;/h4-10,17-21H,11-16,34-35H2,1-3H3;1-5H;/q-1;-5;. The Balaban J connectivity index is 0.000000510. The van der Waals surface area contributed by atoms with Crippen LogP contribution >= 0.6 is 18.5 Å². The molecule has 41 heavy (non-hydrogen) atoms. The molecule has 7 heteroatoms. The van der Waals surface area contributed by atoms with Crippen LogP contribution in [0.3, 0.4) is 0 Å². The molecule has 0 saturated heterocycles. The molecule has 0 spiro atoms. The minimum absolute atomic E-state index is 0. The van der Waals surface area contributed by atoms with E-state index in [1.165, 1.54) is 49.7 Å². The van der Waals surface area contributed by atoms with Crippen molar-refractivity contribution in [2.24, 2.45) is 28.6 Å². The predicted octanol–water partition coefficient (Wildman–Crippen LogP) is 7.89. The third-order valence-electron chi connectivity index (χ3n) is 10.2. The topological polar surface area (TPSA) is 51.6 Å². The molecule has 2 aromatic carbocycles. The molecule has 0 aliphatic heterocycles. The van der Waals surface area contributed by atoms with E-state index in [0.717, 1.165) is 29.1 Å². The van der Waals surface area contributed by atoms with Crippen LogP contribution in [-0.2, 0) is 27.4 Å². The summed E-state index contributed by atoms with van der Waals surface area (Å²) in [5.74, 6) is 2.67. The van der Waals surface area contributed by atoms with Gasteiger partial charge < -0.3 is 30.3 Å². The molecule has 4 aromatic rings. The minimum atomic E-state index is -0.628. The molecule has 8 rings (SSSR count). The van der Waals surface area contributed by atoms with E-state index in [2.05, 4.69) is 67.4 Å². The van der Waals surface area contributed by atoms with Gasteiger partial charge in [0.05, 0.1) is 16.5 Å². The van der Waals surface area contributed by atoms with Crippen molar-refractivity contribution in [2.75, 3.05) is 0 Å². The molecule has 222 valence electrons. The number of aromatic nitrogens is 4. The Bertz CT molecular complexity index is 1310. The number of hydrogen-bond acceptors (Lipinski definition) is 4. The first-order valence-electron chi connectivity index (χ1n) is 14.7. The van der Waals surface area contributed by atoms with Crippen LogP contribution in [0, 0.1) is 28.6 Å². The zero-order valence-electron chi connectivity index (χ0n) is 24.4. The fourth-order valence-electron chi connectivity index (χ4n) is 8.92. The third kappa shape index (κ3) is 5.20. The molecule has 4 fully saturated rings. The SMILES string of the molecule is CC(C)(C)C(P)([c-]1cccc1C(P)(c1cnccn1)c1cnccn1)C12CC3CC(CC(C3)C1)C2.[Fe].[cH-]1[cH-][cH-][cH-][cH-]1. The molecule has 0 amide bonds. The Morgan fingerprint density at radius 3 is 1.63 bits per heavy atom. The van der Waals surface area contributed by atoms with Gasteiger partial charge in [0, 0.05) is 54.2 Å². The van der Waals surface area contributed by atoms with Gasteiger partial charge in [0.2, 0.25) is 0 Å². The maximum atomic E-state index is 4.80. The van der Waals surface area contributed by atoms with Gasteiger partial charge in [-0.1, -0.05) is 20.8 Å². The quantitative estimate of drug-likeness (QED) is 0.129. The molecule has 4 saturated carbocycles. The molecule has 2 aromatic heterocycles. The van der Waals surface area contributed by atoms with Crippen molar-refractivity contribution in [3.05, 3.63) is 108 Å². The summed E-state index contributed by atoms with van der Waals surface area (Å²) < 4.78 is 0. The van der Waals surface area contributed by atoms with Crippen molar-refractivity contribution < 1.29 is 17.1 Å². The van der Waals surface area contributed by atoms with E-state index >= 15 is 0 Å². The van der Waals surface area contributed by atoms with Crippen LogP contribution in [0.4, 0.5) is 0 Å². The molecule has 0 radical (unpaired) electrons. The van der Waals surface area contributed by atoms with E-state index in [-0.39, 0.29) is 27.6 Å². The molecule has 0 N–H and O–H groups in total. The van der Waals surface area contributed by atoms with E-state index in [9.17, 15) is 0 Å². The summed E-state index contributed by atoms with van der Waals surface area (Å²) in [7, 11) is 6.60. The maximum absolute atomic E-state index is 4.80. The normalized spacial score (nSPS) is 26.4. The predicted molar refractivity (Wildman–Crippen MR) is 169 cm³/mol. The van der Waals surface area contributed by atoms with E-state index in [0.29, 0.717) is 5.41 Å². The van der Waals surface area contributed by atoms with Crippen molar-refractivity contribution in [3.63, 3.8) is 0 Å². The van der Waals surface area contributed by atoms with Gasteiger partial charge in [0.15, 0.2) is 0 Å².